The Morgan fingerprint density at radius 2 is 2.17 bits per heavy atom. The van der Waals surface area contributed by atoms with Crippen LogP contribution in [0.25, 0.3) is 0 Å². The summed E-state index contributed by atoms with van der Waals surface area (Å²) in [4.78, 5) is 16.9. The lowest BCUT2D eigenvalue weighted by molar-refractivity contribution is 0.102. The first-order valence-corrected chi connectivity index (χ1v) is 8.82. The standard InChI is InChI=1S/C17H25N3O2S/c1-6-19-8-7-18-17(19)23-11-16(21)15-9-12(2)20(14(15)4)13(3)10-22-5/h7-9,13H,6,10-11H2,1-5H3. The first-order chi connectivity index (χ1) is 11.0. The van der Waals surface area contributed by atoms with Crippen LogP contribution >= 0.6 is 11.8 Å². The molecule has 6 heteroatoms. The van der Waals surface area contributed by atoms with Gasteiger partial charge in [-0.05, 0) is 33.8 Å². The molecule has 0 aromatic carbocycles. The fourth-order valence-corrected chi connectivity index (χ4v) is 3.84. The molecule has 0 aliphatic carbocycles. The van der Waals surface area contributed by atoms with Crippen LogP contribution < -0.4 is 0 Å². The van der Waals surface area contributed by atoms with Gasteiger partial charge in [-0.2, -0.15) is 0 Å². The van der Waals surface area contributed by atoms with Crippen molar-refractivity contribution in [2.24, 2.45) is 0 Å². The monoisotopic (exact) mass is 335 g/mol. The number of ether oxygens (including phenoxy) is 1. The van der Waals surface area contributed by atoms with E-state index in [2.05, 4.69) is 23.4 Å². The highest BCUT2D eigenvalue weighted by molar-refractivity contribution is 7.99. The molecule has 0 spiro atoms. The minimum Gasteiger partial charge on any atom is -0.383 e. The molecule has 0 aliphatic rings. The highest BCUT2D eigenvalue weighted by atomic mass is 32.2. The molecule has 0 amide bonds. The quantitative estimate of drug-likeness (QED) is 0.547. The van der Waals surface area contributed by atoms with Gasteiger partial charge in [0.05, 0.1) is 18.4 Å². The van der Waals surface area contributed by atoms with Gasteiger partial charge in [0, 0.05) is 43.0 Å². The van der Waals surface area contributed by atoms with Crippen LogP contribution in [-0.2, 0) is 11.3 Å². The molecular weight excluding hydrogens is 310 g/mol. The van der Waals surface area contributed by atoms with E-state index in [1.807, 2.05) is 30.7 Å². The maximum atomic E-state index is 12.6. The van der Waals surface area contributed by atoms with Crippen LogP contribution in [0.3, 0.4) is 0 Å². The van der Waals surface area contributed by atoms with Gasteiger partial charge >= 0.3 is 0 Å². The van der Waals surface area contributed by atoms with Gasteiger partial charge in [0.25, 0.3) is 0 Å². The van der Waals surface area contributed by atoms with Crippen molar-refractivity contribution in [2.45, 2.75) is 45.4 Å². The fraction of sp³-hybridized carbons (Fsp3) is 0.529. The smallest absolute Gasteiger partial charge is 0.175 e. The third-order valence-electron chi connectivity index (χ3n) is 3.98. The van der Waals surface area contributed by atoms with Crippen molar-refractivity contribution in [2.75, 3.05) is 19.5 Å². The molecule has 5 nitrogen and oxygen atoms in total. The minimum absolute atomic E-state index is 0.143. The van der Waals surface area contributed by atoms with Crippen LogP contribution in [0.15, 0.2) is 23.6 Å². The molecule has 126 valence electrons. The van der Waals surface area contributed by atoms with Crippen LogP contribution in [0.2, 0.25) is 0 Å². The summed E-state index contributed by atoms with van der Waals surface area (Å²) in [5.74, 6) is 0.546. The molecule has 0 aliphatic heterocycles. The third-order valence-corrected chi connectivity index (χ3v) is 4.99. The van der Waals surface area contributed by atoms with E-state index in [9.17, 15) is 4.79 Å². The lowest BCUT2D eigenvalue weighted by Crippen LogP contribution is -2.14. The number of thioether (sulfide) groups is 1. The molecule has 0 N–H and O–H groups in total. The molecule has 0 bridgehead atoms. The van der Waals surface area contributed by atoms with Crippen molar-refractivity contribution >= 4 is 17.5 Å². The Kier molecular flexibility index (Phi) is 6.07. The largest absolute Gasteiger partial charge is 0.383 e. The average Bonchev–Trinajstić information content (AvgIpc) is 3.09. The predicted octanol–water partition coefficient (Wildman–Crippen LogP) is 3.50. The molecule has 2 aromatic rings. The molecule has 0 fully saturated rings. The predicted molar refractivity (Wildman–Crippen MR) is 93.4 cm³/mol. The van der Waals surface area contributed by atoms with Crippen LogP contribution in [0.4, 0.5) is 0 Å². The van der Waals surface area contributed by atoms with Crippen molar-refractivity contribution < 1.29 is 9.53 Å². The summed E-state index contributed by atoms with van der Waals surface area (Å²) in [5.41, 5.74) is 2.90. The molecule has 0 radical (unpaired) electrons. The molecule has 2 aromatic heterocycles. The Labute approximate surface area is 142 Å². The van der Waals surface area contributed by atoms with Gasteiger partial charge in [-0.25, -0.2) is 4.98 Å². The van der Waals surface area contributed by atoms with E-state index in [1.54, 1.807) is 13.3 Å². The van der Waals surface area contributed by atoms with Crippen molar-refractivity contribution in [1.29, 1.82) is 0 Å². The summed E-state index contributed by atoms with van der Waals surface area (Å²) < 4.78 is 9.46. The van der Waals surface area contributed by atoms with Crippen molar-refractivity contribution in [3.63, 3.8) is 0 Å². The molecular formula is C17H25N3O2S. The van der Waals surface area contributed by atoms with Crippen molar-refractivity contribution in [3.8, 4) is 0 Å². The Balaban J connectivity index is 2.12. The molecule has 2 heterocycles. The summed E-state index contributed by atoms with van der Waals surface area (Å²) in [6, 6.07) is 2.20. The van der Waals surface area contributed by atoms with Crippen LogP contribution in [0, 0.1) is 13.8 Å². The van der Waals surface area contributed by atoms with E-state index in [0.29, 0.717) is 12.4 Å². The highest BCUT2D eigenvalue weighted by Crippen LogP contribution is 2.24. The van der Waals surface area contributed by atoms with E-state index < -0.39 is 0 Å². The van der Waals surface area contributed by atoms with E-state index in [0.717, 1.165) is 28.7 Å². The first-order valence-electron chi connectivity index (χ1n) is 7.84. The summed E-state index contributed by atoms with van der Waals surface area (Å²) in [5, 5.41) is 0.891. The Morgan fingerprint density at radius 3 is 2.83 bits per heavy atom. The zero-order valence-electron chi connectivity index (χ0n) is 14.5. The van der Waals surface area contributed by atoms with Crippen molar-refractivity contribution in [1.82, 2.24) is 14.1 Å². The van der Waals surface area contributed by atoms with E-state index in [-0.39, 0.29) is 11.8 Å². The number of nitrogens with zero attached hydrogens (tertiary/aromatic N) is 3. The maximum Gasteiger partial charge on any atom is 0.175 e. The summed E-state index contributed by atoms with van der Waals surface area (Å²) in [6.07, 6.45) is 3.71. The zero-order chi connectivity index (χ0) is 17.0. The number of hydrogen-bond donors (Lipinski definition) is 0. The summed E-state index contributed by atoms with van der Waals surface area (Å²) in [7, 11) is 1.70. The SMILES string of the molecule is CCn1ccnc1SCC(=O)c1cc(C)n(C(C)COC)c1C. The average molecular weight is 335 g/mol. The van der Waals surface area contributed by atoms with Gasteiger partial charge in [-0.3, -0.25) is 4.79 Å². The van der Waals surface area contributed by atoms with Gasteiger partial charge < -0.3 is 13.9 Å². The highest BCUT2D eigenvalue weighted by Gasteiger charge is 2.19. The normalized spacial score (nSPS) is 12.6. The van der Waals surface area contributed by atoms with Gasteiger partial charge in [0.1, 0.15) is 0 Å². The van der Waals surface area contributed by atoms with Gasteiger partial charge in [-0.15, -0.1) is 0 Å². The van der Waals surface area contributed by atoms with Gasteiger partial charge in [0.15, 0.2) is 10.9 Å². The number of imidazole rings is 1. The number of ketones is 1. The molecule has 1 atom stereocenters. The molecule has 0 saturated heterocycles. The summed E-state index contributed by atoms with van der Waals surface area (Å²) in [6.45, 7) is 9.70. The first kappa shape index (κ1) is 17.8. The van der Waals surface area contributed by atoms with E-state index in [4.69, 9.17) is 4.74 Å². The number of aromatic nitrogens is 3. The van der Waals surface area contributed by atoms with Gasteiger partial charge in [-0.1, -0.05) is 11.8 Å². The van der Waals surface area contributed by atoms with E-state index >= 15 is 0 Å². The molecule has 2 rings (SSSR count). The number of Topliss-reactive ketones (excluding diaryl/α,β-unsaturated/α-hetero) is 1. The molecule has 0 saturated carbocycles. The second-order valence-corrected chi connectivity index (χ2v) is 6.61. The van der Waals surface area contributed by atoms with Crippen LogP contribution in [-0.4, -0.2) is 39.4 Å². The number of methoxy groups -OCH3 is 1. The number of carbonyl (C=O) groups is 1. The van der Waals surface area contributed by atoms with E-state index in [1.165, 1.54) is 11.8 Å². The summed E-state index contributed by atoms with van der Waals surface area (Å²) >= 11 is 1.49. The Morgan fingerprint density at radius 1 is 1.43 bits per heavy atom. The molecule has 1 unspecified atom stereocenters. The van der Waals surface area contributed by atoms with Crippen LogP contribution in [0.1, 0.15) is 41.6 Å². The number of hydrogen-bond acceptors (Lipinski definition) is 4. The molecule has 23 heavy (non-hydrogen) atoms. The maximum absolute atomic E-state index is 12.6. The lowest BCUT2D eigenvalue weighted by Gasteiger charge is -2.17. The minimum atomic E-state index is 0.143. The zero-order valence-corrected chi connectivity index (χ0v) is 15.3. The number of carbonyl (C=O) groups excluding carboxylic acids is 1. The Hall–Kier alpha value is -1.53. The third kappa shape index (κ3) is 3.87. The lowest BCUT2D eigenvalue weighted by atomic mass is 10.2. The second kappa shape index (κ2) is 7.84. The van der Waals surface area contributed by atoms with Gasteiger partial charge in [0.2, 0.25) is 0 Å². The number of rotatable bonds is 8. The fourth-order valence-electron chi connectivity index (χ4n) is 2.94. The second-order valence-electron chi connectivity index (χ2n) is 5.67. The van der Waals surface area contributed by atoms with Crippen LogP contribution in [0.5, 0.6) is 0 Å². The number of aryl methyl sites for hydroxylation is 2. The Bertz CT molecular complexity index is 675. The van der Waals surface area contributed by atoms with Crippen molar-refractivity contribution in [3.05, 3.63) is 35.4 Å². The topological polar surface area (TPSA) is 49.0 Å².